The number of nitro groups is 1. The summed E-state index contributed by atoms with van der Waals surface area (Å²) >= 11 is 6.26. The van der Waals surface area contributed by atoms with Crippen molar-refractivity contribution in [2.75, 3.05) is 6.54 Å². The number of rotatable bonds is 8. The molecule has 0 aliphatic carbocycles. The zero-order valence-corrected chi connectivity index (χ0v) is 20.7. The Labute approximate surface area is 212 Å². The topological polar surface area (TPSA) is 98.3 Å². The van der Waals surface area contributed by atoms with Crippen molar-refractivity contribution in [3.05, 3.63) is 110 Å². The van der Waals surface area contributed by atoms with Crippen molar-refractivity contribution >= 4 is 34.1 Å². The lowest BCUT2D eigenvalue weighted by atomic mass is 10.1. The molecule has 0 spiro atoms. The number of carbonyl (C=O) groups excluding carboxylic acids is 1. The van der Waals surface area contributed by atoms with E-state index in [1.165, 1.54) is 22.8 Å². The summed E-state index contributed by atoms with van der Waals surface area (Å²) < 4.78 is 1.51. The highest BCUT2D eigenvalue weighted by molar-refractivity contribution is 6.30. The quantitative estimate of drug-likeness (QED) is 0.218. The number of hydrogen-bond acceptors (Lipinski definition) is 5. The summed E-state index contributed by atoms with van der Waals surface area (Å²) in [6, 6.07) is 19.1. The van der Waals surface area contributed by atoms with Gasteiger partial charge in [0.1, 0.15) is 5.82 Å². The van der Waals surface area contributed by atoms with Crippen LogP contribution < -0.4 is 5.56 Å². The van der Waals surface area contributed by atoms with E-state index in [0.717, 1.165) is 0 Å². The maximum atomic E-state index is 13.7. The molecule has 0 aliphatic rings. The second-order valence-corrected chi connectivity index (χ2v) is 8.77. The van der Waals surface area contributed by atoms with E-state index in [4.69, 9.17) is 16.6 Å². The number of nitro benzene ring substituents is 1. The van der Waals surface area contributed by atoms with Crippen LogP contribution in [0, 0.1) is 10.1 Å². The highest BCUT2D eigenvalue weighted by atomic mass is 35.5. The predicted molar refractivity (Wildman–Crippen MR) is 140 cm³/mol. The van der Waals surface area contributed by atoms with E-state index in [2.05, 4.69) is 0 Å². The van der Waals surface area contributed by atoms with E-state index in [1.807, 2.05) is 13.8 Å². The van der Waals surface area contributed by atoms with E-state index in [-0.39, 0.29) is 22.7 Å². The second kappa shape index (κ2) is 10.7. The Kier molecular flexibility index (Phi) is 7.45. The Bertz CT molecular complexity index is 1500. The zero-order valence-electron chi connectivity index (χ0n) is 19.9. The lowest BCUT2D eigenvalue weighted by molar-refractivity contribution is -0.384. The Morgan fingerprint density at radius 3 is 2.53 bits per heavy atom. The van der Waals surface area contributed by atoms with E-state index in [1.54, 1.807) is 59.5 Å². The van der Waals surface area contributed by atoms with Crippen molar-refractivity contribution in [1.29, 1.82) is 0 Å². The molecule has 184 valence electrons. The number of nitrogens with zero attached hydrogens (tertiary/aromatic N) is 4. The summed E-state index contributed by atoms with van der Waals surface area (Å²) in [4.78, 5) is 44.7. The molecule has 0 radical (unpaired) electrons. The number of halogens is 1. The van der Waals surface area contributed by atoms with E-state index in [0.29, 0.717) is 46.8 Å². The molecular formula is C27H25ClN4O4. The first-order chi connectivity index (χ1) is 17.3. The molecular weight excluding hydrogens is 480 g/mol. The standard InChI is InChI=1S/C27H25ClN4O4/c1-3-15-30(26(33)18-9-7-12-21(16-18)32(35)36)24(4-2)25-29-23-14-6-5-13-22(23)27(34)31(25)20-11-8-10-19(28)17-20/h5-14,16-17,24H,3-4,15H2,1-2H3. The number of aromatic nitrogens is 2. The van der Waals surface area contributed by atoms with Crippen LogP contribution in [0.4, 0.5) is 5.69 Å². The smallest absolute Gasteiger partial charge is 0.270 e. The fourth-order valence-corrected chi connectivity index (χ4v) is 4.52. The number of non-ortho nitro benzene ring substituents is 1. The maximum Gasteiger partial charge on any atom is 0.270 e. The Balaban J connectivity index is 1.93. The summed E-state index contributed by atoms with van der Waals surface area (Å²) in [5.74, 6) is 0.0307. The highest BCUT2D eigenvalue weighted by Gasteiger charge is 2.30. The predicted octanol–water partition coefficient (Wildman–Crippen LogP) is 5.95. The molecule has 1 unspecified atom stereocenters. The third-order valence-corrected chi connectivity index (χ3v) is 6.19. The first kappa shape index (κ1) is 25.1. The van der Waals surface area contributed by atoms with Gasteiger partial charge in [-0.15, -0.1) is 0 Å². The maximum absolute atomic E-state index is 13.7. The minimum absolute atomic E-state index is 0.162. The van der Waals surface area contributed by atoms with Gasteiger partial charge in [0.05, 0.1) is 27.6 Å². The third kappa shape index (κ3) is 4.85. The molecule has 4 rings (SSSR count). The second-order valence-electron chi connectivity index (χ2n) is 8.34. The largest absolute Gasteiger partial charge is 0.328 e. The van der Waals surface area contributed by atoms with Gasteiger partial charge in [-0.2, -0.15) is 0 Å². The molecule has 3 aromatic carbocycles. The van der Waals surface area contributed by atoms with Crippen molar-refractivity contribution in [3.8, 4) is 5.69 Å². The average Bonchev–Trinajstić information content (AvgIpc) is 2.88. The molecule has 36 heavy (non-hydrogen) atoms. The van der Waals surface area contributed by atoms with Gasteiger partial charge in [0.25, 0.3) is 17.2 Å². The van der Waals surface area contributed by atoms with Crippen LogP contribution >= 0.6 is 11.6 Å². The van der Waals surface area contributed by atoms with Crippen LogP contribution in [0.5, 0.6) is 0 Å². The van der Waals surface area contributed by atoms with Crippen LogP contribution in [0.15, 0.2) is 77.6 Å². The Hall–Kier alpha value is -4.04. The number of benzene rings is 3. The molecule has 4 aromatic rings. The van der Waals surface area contributed by atoms with Gasteiger partial charge in [-0.3, -0.25) is 24.3 Å². The third-order valence-electron chi connectivity index (χ3n) is 5.96. The van der Waals surface area contributed by atoms with Gasteiger partial charge in [-0.05, 0) is 49.2 Å². The lowest BCUT2D eigenvalue weighted by Crippen LogP contribution is -2.39. The Morgan fingerprint density at radius 1 is 1.08 bits per heavy atom. The molecule has 1 heterocycles. The molecule has 0 fully saturated rings. The number of hydrogen-bond donors (Lipinski definition) is 0. The van der Waals surface area contributed by atoms with Crippen molar-refractivity contribution in [3.63, 3.8) is 0 Å². The van der Waals surface area contributed by atoms with Gasteiger partial charge in [-0.1, -0.05) is 49.7 Å². The number of carbonyl (C=O) groups is 1. The molecule has 8 nitrogen and oxygen atoms in total. The summed E-state index contributed by atoms with van der Waals surface area (Å²) in [6.07, 6.45) is 1.11. The molecule has 1 atom stereocenters. The summed E-state index contributed by atoms with van der Waals surface area (Å²) in [7, 11) is 0. The fraction of sp³-hybridized carbons (Fsp3) is 0.222. The van der Waals surface area contributed by atoms with Gasteiger partial charge in [0.2, 0.25) is 0 Å². The van der Waals surface area contributed by atoms with Crippen LogP contribution in [0.2, 0.25) is 5.02 Å². The molecule has 0 bridgehead atoms. The number of amides is 1. The number of fused-ring (bicyclic) bond motifs is 1. The molecule has 1 amide bonds. The molecule has 0 saturated carbocycles. The molecule has 0 saturated heterocycles. The number of para-hydroxylation sites is 1. The van der Waals surface area contributed by atoms with Gasteiger partial charge in [0.15, 0.2) is 0 Å². The normalized spacial score (nSPS) is 11.9. The van der Waals surface area contributed by atoms with Crippen molar-refractivity contribution in [2.24, 2.45) is 0 Å². The van der Waals surface area contributed by atoms with Crippen LogP contribution in [-0.4, -0.2) is 31.8 Å². The summed E-state index contributed by atoms with van der Waals surface area (Å²) in [5, 5.41) is 12.2. The minimum Gasteiger partial charge on any atom is -0.328 e. The van der Waals surface area contributed by atoms with Gasteiger partial charge in [0, 0.05) is 29.3 Å². The summed E-state index contributed by atoms with van der Waals surface area (Å²) in [5.41, 5.74) is 0.834. The van der Waals surface area contributed by atoms with Gasteiger partial charge in [-0.25, -0.2) is 4.98 Å². The Morgan fingerprint density at radius 2 is 1.83 bits per heavy atom. The van der Waals surface area contributed by atoms with Gasteiger partial charge < -0.3 is 4.90 Å². The molecule has 0 aliphatic heterocycles. The van der Waals surface area contributed by atoms with Crippen LogP contribution in [0.25, 0.3) is 16.6 Å². The van der Waals surface area contributed by atoms with Crippen molar-refractivity contribution in [2.45, 2.75) is 32.7 Å². The first-order valence-corrected chi connectivity index (χ1v) is 12.1. The van der Waals surface area contributed by atoms with Crippen LogP contribution in [0.1, 0.15) is 48.9 Å². The lowest BCUT2D eigenvalue weighted by Gasteiger charge is -2.32. The van der Waals surface area contributed by atoms with E-state index < -0.39 is 11.0 Å². The summed E-state index contributed by atoms with van der Waals surface area (Å²) in [6.45, 7) is 4.23. The average molecular weight is 505 g/mol. The fourth-order valence-electron chi connectivity index (χ4n) is 4.34. The van der Waals surface area contributed by atoms with Gasteiger partial charge >= 0.3 is 0 Å². The SMILES string of the molecule is CCCN(C(=O)c1cccc([N+](=O)[O-])c1)C(CC)c1nc2ccccc2c(=O)n1-c1cccc(Cl)c1. The van der Waals surface area contributed by atoms with Crippen LogP contribution in [0.3, 0.4) is 0 Å². The van der Waals surface area contributed by atoms with Crippen molar-refractivity contribution in [1.82, 2.24) is 14.5 Å². The monoisotopic (exact) mass is 504 g/mol. The van der Waals surface area contributed by atoms with Crippen molar-refractivity contribution < 1.29 is 9.72 Å². The minimum atomic E-state index is -0.576. The van der Waals surface area contributed by atoms with E-state index >= 15 is 0 Å². The van der Waals surface area contributed by atoms with E-state index in [9.17, 15) is 19.7 Å². The first-order valence-electron chi connectivity index (χ1n) is 11.7. The highest BCUT2D eigenvalue weighted by Crippen LogP contribution is 2.29. The molecule has 9 heteroatoms. The van der Waals surface area contributed by atoms with Crippen LogP contribution in [-0.2, 0) is 0 Å². The zero-order chi connectivity index (χ0) is 25.8. The molecule has 1 aromatic heterocycles. The molecule has 0 N–H and O–H groups in total.